The van der Waals surface area contributed by atoms with Crippen LogP contribution in [0, 0.1) is 18.7 Å². The number of carbonyl (C=O) groups excluding carboxylic acids is 1. The number of halogens is 1. The maximum Gasteiger partial charge on any atom is 0.218 e. The SMILES string of the molecule is Cc1cc(C(CC(N)=O)C2CC2)ccc1F. The lowest BCUT2D eigenvalue weighted by molar-refractivity contribution is -0.118. The number of hydrogen-bond acceptors (Lipinski definition) is 1. The molecule has 1 aliphatic carbocycles. The lowest BCUT2D eigenvalue weighted by Gasteiger charge is -2.15. The van der Waals surface area contributed by atoms with E-state index in [1.165, 1.54) is 6.07 Å². The fourth-order valence-electron chi connectivity index (χ4n) is 2.17. The van der Waals surface area contributed by atoms with Gasteiger partial charge in [-0.3, -0.25) is 4.79 Å². The van der Waals surface area contributed by atoms with E-state index in [9.17, 15) is 9.18 Å². The molecule has 1 atom stereocenters. The summed E-state index contributed by atoms with van der Waals surface area (Å²) >= 11 is 0. The Morgan fingerprint density at radius 3 is 2.75 bits per heavy atom. The Morgan fingerprint density at radius 1 is 1.56 bits per heavy atom. The zero-order chi connectivity index (χ0) is 11.7. The van der Waals surface area contributed by atoms with E-state index in [0.29, 0.717) is 17.9 Å². The second kappa shape index (κ2) is 4.24. The minimum absolute atomic E-state index is 0.178. The van der Waals surface area contributed by atoms with Crippen LogP contribution >= 0.6 is 0 Å². The molecule has 86 valence electrons. The number of aryl methyl sites for hydroxylation is 1. The van der Waals surface area contributed by atoms with E-state index >= 15 is 0 Å². The van der Waals surface area contributed by atoms with Gasteiger partial charge < -0.3 is 5.73 Å². The number of hydrogen-bond donors (Lipinski definition) is 1. The quantitative estimate of drug-likeness (QED) is 0.834. The number of primary amides is 1. The standard InChI is InChI=1S/C13H16FNO/c1-8-6-10(4-5-12(8)14)11(7-13(15)16)9-2-3-9/h4-6,9,11H,2-3,7H2,1H3,(H2,15,16). The van der Waals surface area contributed by atoms with Gasteiger partial charge in [0.25, 0.3) is 0 Å². The summed E-state index contributed by atoms with van der Waals surface area (Å²) < 4.78 is 13.1. The highest BCUT2D eigenvalue weighted by Crippen LogP contribution is 2.44. The van der Waals surface area contributed by atoms with Gasteiger partial charge in [0.15, 0.2) is 0 Å². The Morgan fingerprint density at radius 2 is 2.25 bits per heavy atom. The Kier molecular flexibility index (Phi) is 2.95. The highest BCUT2D eigenvalue weighted by Gasteiger charge is 2.33. The molecule has 0 aromatic heterocycles. The monoisotopic (exact) mass is 221 g/mol. The van der Waals surface area contributed by atoms with Crippen LogP contribution in [0.15, 0.2) is 18.2 Å². The molecule has 2 rings (SSSR count). The molecule has 2 nitrogen and oxygen atoms in total. The topological polar surface area (TPSA) is 43.1 Å². The minimum atomic E-state index is -0.279. The lowest BCUT2D eigenvalue weighted by Crippen LogP contribution is -2.16. The number of nitrogens with two attached hydrogens (primary N) is 1. The molecule has 0 aliphatic heterocycles. The van der Waals surface area contributed by atoms with E-state index in [1.54, 1.807) is 13.0 Å². The van der Waals surface area contributed by atoms with Gasteiger partial charge in [0.1, 0.15) is 5.82 Å². The van der Waals surface area contributed by atoms with Crippen molar-refractivity contribution in [3.8, 4) is 0 Å². The van der Waals surface area contributed by atoms with Crippen LogP contribution in [0.2, 0.25) is 0 Å². The second-order valence-electron chi connectivity index (χ2n) is 4.62. The number of amides is 1. The average Bonchev–Trinajstić information content (AvgIpc) is 3.02. The molecule has 0 bridgehead atoms. The second-order valence-corrected chi connectivity index (χ2v) is 4.62. The fourth-order valence-corrected chi connectivity index (χ4v) is 2.17. The highest BCUT2D eigenvalue weighted by molar-refractivity contribution is 5.75. The summed E-state index contributed by atoms with van der Waals surface area (Å²) in [6.45, 7) is 1.74. The molecule has 1 aromatic carbocycles. The van der Waals surface area contributed by atoms with Crippen LogP contribution in [-0.2, 0) is 4.79 Å². The third-order valence-electron chi connectivity index (χ3n) is 3.22. The molecule has 0 saturated heterocycles. The van der Waals surface area contributed by atoms with Crippen molar-refractivity contribution >= 4 is 5.91 Å². The smallest absolute Gasteiger partial charge is 0.218 e. The molecule has 1 unspecified atom stereocenters. The molecule has 0 radical (unpaired) electrons. The van der Waals surface area contributed by atoms with Crippen molar-refractivity contribution < 1.29 is 9.18 Å². The number of carbonyl (C=O) groups is 1. The molecule has 1 fully saturated rings. The Hall–Kier alpha value is -1.38. The van der Waals surface area contributed by atoms with Crippen LogP contribution in [0.1, 0.15) is 36.3 Å². The molecule has 1 aliphatic rings. The summed E-state index contributed by atoms with van der Waals surface area (Å²) in [5, 5.41) is 0. The van der Waals surface area contributed by atoms with Gasteiger partial charge in [-0.2, -0.15) is 0 Å². The van der Waals surface area contributed by atoms with Crippen molar-refractivity contribution in [1.82, 2.24) is 0 Å². The van der Waals surface area contributed by atoms with E-state index in [4.69, 9.17) is 5.73 Å². The van der Waals surface area contributed by atoms with Gasteiger partial charge in [-0.15, -0.1) is 0 Å². The third-order valence-corrected chi connectivity index (χ3v) is 3.22. The van der Waals surface area contributed by atoms with E-state index < -0.39 is 0 Å². The first-order valence-electron chi connectivity index (χ1n) is 5.62. The van der Waals surface area contributed by atoms with Crippen LogP contribution in [0.4, 0.5) is 4.39 Å². The summed E-state index contributed by atoms with van der Waals surface area (Å²) in [4.78, 5) is 11.0. The molecular formula is C13H16FNO. The van der Waals surface area contributed by atoms with Gasteiger partial charge in [0.2, 0.25) is 5.91 Å². The molecule has 1 aromatic rings. The molecular weight excluding hydrogens is 205 g/mol. The van der Waals surface area contributed by atoms with Crippen molar-refractivity contribution in [3.05, 3.63) is 35.1 Å². The molecule has 1 amide bonds. The average molecular weight is 221 g/mol. The predicted molar refractivity (Wildman–Crippen MR) is 60.4 cm³/mol. The van der Waals surface area contributed by atoms with Crippen molar-refractivity contribution in [2.45, 2.75) is 32.1 Å². The Balaban J connectivity index is 2.24. The largest absolute Gasteiger partial charge is 0.370 e. The van der Waals surface area contributed by atoms with E-state index in [2.05, 4.69) is 0 Å². The molecule has 3 heteroatoms. The Bertz CT molecular complexity index is 412. The van der Waals surface area contributed by atoms with E-state index in [1.807, 2.05) is 6.07 Å². The third kappa shape index (κ3) is 2.40. The molecule has 0 spiro atoms. The zero-order valence-corrected chi connectivity index (χ0v) is 9.37. The molecule has 16 heavy (non-hydrogen) atoms. The molecule has 0 heterocycles. The van der Waals surface area contributed by atoms with Crippen LogP contribution in [0.3, 0.4) is 0 Å². The lowest BCUT2D eigenvalue weighted by atomic mass is 9.90. The summed E-state index contributed by atoms with van der Waals surface area (Å²) in [6, 6.07) is 5.08. The highest BCUT2D eigenvalue weighted by atomic mass is 19.1. The van der Waals surface area contributed by atoms with Crippen LogP contribution in [0.5, 0.6) is 0 Å². The maximum atomic E-state index is 13.1. The van der Waals surface area contributed by atoms with Gasteiger partial charge in [-0.25, -0.2) is 4.39 Å². The van der Waals surface area contributed by atoms with Gasteiger partial charge in [0, 0.05) is 6.42 Å². The van der Waals surface area contributed by atoms with Crippen molar-refractivity contribution in [2.24, 2.45) is 11.7 Å². The minimum Gasteiger partial charge on any atom is -0.370 e. The zero-order valence-electron chi connectivity index (χ0n) is 9.37. The summed E-state index contributed by atoms with van der Waals surface area (Å²) in [6.07, 6.45) is 2.67. The predicted octanol–water partition coefficient (Wildman–Crippen LogP) is 2.50. The maximum absolute atomic E-state index is 13.1. The first-order chi connectivity index (χ1) is 7.58. The van der Waals surface area contributed by atoms with Crippen LogP contribution in [-0.4, -0.2) is 5.91 Å². The first-order valence-corrected chi connectivity index (χ1v) is 5.62. The molecule has 2 N–H and O–H groups in total. The van der Waals surface area contributed by atoms with Crippen LogP contribution < -0.4 is 5.73 Å². The van der Waals surface area contributed by atoms with Crippen molar-refractivity contribution in [2.75, 3.05) is 0 Å². The van der Waals surface area contributed by atoms with E-state index in [-0.39, 0.29) is 17.6 Å². The normalized spacial score (nSPS) is 17.1. The Labute approximate surface area is 94.6 Å². The summed E-state index contributed by atoms with van der Waals surface area (Å²) in [7, 11) is 0. The van der Waals surface area contributed by atoms with Crippen molar-refractivity contribution in [3.63, 3.8) is 0 Å². The van der Waals surface area contributed by atoms with Crippen molar-refractivity contribution in [1.29, 1.82) is 0 Å². The van der Waals surface area contributed by atoms with Gasteiger partial charge in [0.05, 0.1) is 0 Å². The first kappa shape index (κ1) is 11.1. The van der Waals surface area contributed by atoms with Gasteiger partial charge in [-0.1, -0.05) is 12.1 Å². The van der Waals surface area contributed by atoms with Gasteiger partial charge in [-0.05, 0) is 48.8 Å². The van der Waals surface area contributed by atoms with Gasteiger partial charge >= 0.3 is 0 Å². The van der Waals surface area contributed by atoms with Crippen LogP contribution in [0.25, 0.3) is 0 Å². The summed E-state index contributed by atoms with van der Waals surface area (Å²) in [5.41, 5.74) is 6.93. The fraction of sp³-hybridized carbons (Fsp3) is 0.462. The number of rotatable bonds is 4. The summed E-state index contributed by atoms with van der Waals surface area (Å²) in [5.74, 6) is 0.255. The molecule has 1 saturated carbocycles. The number of benzene rings is 1. The van der Waals surface area contributed by atoms with E-state index in [0.717, 1.165) is 18.4 Å².